The maximum absolute atomic E-state index is 14.1. The Hall–Kier alpha value is -2.56. The normalized spacial score (nSPS) is 38.9. The smallest absolute Gasteiger partial charge is 0.407 e. The van der Waals surface area contributed by atoms with Crippen LogP contribution in [0.25, 0.3) is 0 Å². The number of hydrogen-bond acceptors (Lipinski definition) is 13. The molecule has 4 N–H and O–H groups in total. The third kappa shape index (κ3) is 11.3. The number of benzene rings is 1. The van der Waals surface area contributed by atoms with Crippen molar-refractivity contribution in [3.63, 3.8) is 0 Å². The number of nitrogens with one attached hydrogen (secondary N) is 1. The van der Waals surface area contributed by atoms with E-state index in [1.807, 2.05) is 58.0 Å². The highest BCUT2D eigenvalue weighted by Gasteiger charge is 2.52. The number of aliphatic hydroxyl groups is 3. The van der Waals surface area contributed by atoms with E-state index >= 15 is 0 Å². The number of aliphatic hydroxyl groups excluding tert-OH is 2. The van der Waals surface area contributed by atoms with Crippen LogP contribution in [-0.4, -0.2) is 126 Å². The van der Waals surface area contributed by atoms with Crippen LogP contribution in [-0.2, 0) is 39.9 Å². The van der Waals surface area contributed by atoms with Crippen molar-refractivity contribution in [2.75, 3.05) is 27.7 Å². The fourth-order valence-corrected chi connectivity index (χ4v) is 8.26. The highest BCUT2D eigenvalue weighted by Crippen LogP contribution is 2.40. The van der Waals surface area contributed by atoms with Gasteiger partial charge in [0.1, 0.15) is 30.5 Å². The summed E-state index contributed by atoms with van der Waals surface area (Å²) in [5, 5.41) is 43.1. The van der Waals surface area contributed by atoms with Crippen LogP contribution in [0.2, 0.25) is 5.02 Å². The minimum atomic E-state index is -1.94. The van der Waals surface area contributed by atoms with Gasteiger partial charge in [-0.1, -0.05) is 62.7 Å². The Morgan fingerprint density at radius 3 is 2.33 bits per heavy atom. The molecular formula is C40H66ClN3O11. The summed E-state index contributed by atoms with van der Waals surface area (Å²) in [6, 6.07) is 6.92. The van der Waals surface area contributed by atoms with E-state index in [0.717, 1.165) is 0 Å². The molecular weight excluding hydrogens is 734 g/mol. The standard InChI is InChI=1S/C40H66ClN3O11/c1-13-30-40(9,49)34(46)24(5)31(43-51-21-27-17-15-16-18-28(27)41)22(3)20-39(8,50-12)35(55-37-32(45)29(44(10)11)19-23(4)52-37)25(6)33(26(7)36(47)53-30)54-38(48)42-14-2/h15-18,22-26,29-30,32-35,37,45-46,49H,13-14,19-21H2,1-12H3,(H,42,48)/b43-31-/t22-,23-,24+,25+,26-,29+,30-,32-,33+,34-,35-,37+,39-,40-/m1/s1. The van der Waals surface area contributed by atoms with Gasteiger partial charge in [-0.2, -0.15) is 0 Å². The number of esters is 1. The van der Waals surface area contributed by atoms with Gasteiger partial charge in [-0.25, -0.2) is 4.79 Å². The van der Waals surface area contributed by atoms with Crippen LogP contribution < -0.4 is 5.32 Å². The van der Waals surface area contributed by atoms with Gasteiger partial charge in [0, 0.05) is 48.0 Å². The Balaban J connectivity index is 2.25. The second kappa shape index (κ2) is 20.2. The number of methoxy groups -OCH3 is 1. The van der Waals surface area contributed by atoms with E-state index in [2.05, 4.69) is 10.5 Å². The van der Waals surface area contributed by atoms with E-state index in [4.69, 9.17) is 40.1 Å². The summed E-state index contributed by atoms with van der Waals surface area (Å²) in [4.78, 5) is 35.0. The summed E-state index contributed by atoms with van der Waals surface area (Å²) >= 11 is 6.40. The Labute approximate surface area is 332 Å². The molecule has 0 unspecified atom stereocenters. The molecule has 14 atom stereocenters. The van der Waals surface area contributed by atoms with E-state index in [0.29, 0.717) is 22.7 Å². The molecule has 2 fully saturated rings. The third-order valence-electron chi connectivity index (χ3n) is 11.4. The average molecular weight is 800 g/mol. The van der Waals surface area contributed by atoms with Crippen LogP contribution in [0.3, 0.4) is 0 Å². The number of carbonyl (C=O) groups is 2. The lowest BCUT2D eigenvalue weighted by molar-refractivity contribution is -0.301. The lowest BCUT2D eigenvalue weighted by atomic mass is 9.73. The van der Waals surface area contributed by atoms with E-state index in [9.17, 15) is 24.9 Å². The van der Waals surface area contributed by atoms with Crippen LogP contribution in [0.15, 0.2) is 29.4 Å². The van der Waals surface area contributed by atoms with Crippen molar-refractivity contribution in [1.82, 2.24) is 10.2 Å². The molecule has 0 spiro atoms. The van der Waals surface area contributed by atoms with Crippen LogP contribution >= 0.6 is 11.6 Å². The number of likely N-dealkylation sites (N-methyl/N-ethyl adjacent to an activating group) is 1. The first kappa shape index (κ1) is 46.8. The van der Waals surface area contributed by atoms with Crippen molar-refractivity contribution >= 4 is 29.4 Å². The quantitative estimate of drug-likeness (QED) is 0.186. The van der Waals surface area contributed by atoms with Crippen LogP contribution in [0.5, 0.6) is 0 Å². The summed E-state index contributed by atoms with van der Waals surface area (Å²) in [5.41, 5.74) is -2.09. The van der Waals surface area contributed by atoms with Crippen molar-refractivity contribution in [2.45, 2.75) is 148 Å². The number of alkyl carbamates (subject to hydrolysis) is 1. The van der Waals surface area contributed by atoms with Gasteiger partial charge >= 0.3 is 12.1 Å². The maximum atomic E-state index is 14.1. The molecule has 15 heteroatoms. The second-order valence-corrected chi connectivity index (χ2v) is 16.4. The largest absolute Gasteiger partial charge is 0.459 e. The molecule has 0 radical (unpaired) electrons. The number of amides is 1. The number of oxime groups is 1. The van der Waals surface area contributed by atoms with Gasteiger partial charge < -0.3 is 54.1 Å². The zero-order valence-electron chi connectivity index (χ0n) is 34.7. The van der Waals surface area contributed by atoms with Crippen molar-refractivity contribution < 1.29 is 53.4 Å². The molecule has 0 aromatic heterocycles. The van der Waals surface area contributed by atoms with Crippen LogP contribution in [0.1, 0.15) is 87.1 Å². The molecule has 0 saturated carbocycles. The predicted molar refractivity (Wildman–Crippen MR) is 208 cm³/mol. The summed E-state index contributed by atoms with van der Waals surface area (Å²) in [6.07, 6.45) is -7.06. The molecule has 1 amide bonds. The summed E-state index contributed by atoms with van der Waals surface area (Å²) in [7, 11) is 5.28. The zero-order valence-corrected chi connectivity index (χ0v) is 35.4. The molecule has 0 bridgehead atoms. The van der Waals surface area contributed by atoms with E-state index in [1.54, 1.807) is 40.7 Å². The molecule has 3 rings (SSSR count). The topological polar surface area (TPSA) is 178 Å². The van der Waals surface area contributed by atoms with Gasteiger partial charge in [0.2, 0.25) is 0 Å². The average Bonchev–Trinajstić information content (AvgIpc) is 3.13. The molecule has 2 saturated heterocycles. The van der Waals surface area contributed by atoms with Crippen LogP contribution in [0, 0.1) is 23.7 Å². The molecule has 1 aromatic carbocycles. The Morgan fingerprint density at radius 1 is 1.09 bits per heavy atom. The number of carbonyl (C=O) groups excluding carboxylic acids is 2. The Morgan fingerprint density at radius 2 is 1.75 bits per heavy atom. The van der Waals surface area contributed by atoms with Crippen molar-refractivity contribution in [2.24, 2.45) is 28.8 Å². The number of nitrogens with zero attached hydrogens (tertiary/aromatic N) is 2. The monoisotopic (exact) mass is 799 g/mol. The highest BCUT2D eigenvalue weighted by molar-refractivity contribution is 6.31. The van der Waals surface area contributed by atoms with Gasteiger partial charge in [-0.05, 0) is 74.0 Å². The minimum absolute atomic E-state index is 0.0352. The van der Waals surface area contributed by atoms with Gasteiger partial charge in [-0.15, -0.1) is 0 Å². The SMILES string of the molecule is CCNC(=O)O[C@H]1[C@H](C)[C@@H](O[C@@H]2O[C@H](C)C[C@H](N(C)C)[C@H]2O)[C@](C)(OC)C[C@@H](C)/C(=N/OCc2ccccc2Cl)[C@H](C)[C@@H](O)[C@](C)(O)[C@@H](CC)OC(=O)[C@@H]1C. The fourth-order valence-electron chi connectivity index (χ4n) is 8.07. The molecule has 1 aromatic rings. The number of ether oxygens (including phenoxy) is 5. The number of halogens is 1. The fraction of sp³-hybridized carbons (Fsp3) is 0.775. The van der Waals surface area contributed by atoms with Gasteiger partial charge in [0.05, 0.1) is 35.5 Å². The molecule has 2 aliphatic heterocycles. The molecule has 2 aliphatic rings. The lowest BCUT2D eigenvalue weighted by Crippen LogP contribution is -2.60. The molecule has 55 heavy (non-hydrogen) atoms. The highest BCUT2D eigenvalue weighted by atomic mass is 35.5. The first-order valence-corrected chi connectivity index (χ1v) is 19.8. The maximum Gasteiger partial charge on any atom is 0.407 e. The number of rotatable bonds is 10. The van der Waals surface area contributed by atoms with Gasteiger partial charge in [-0.3, -0.25) is 4.79 Å². The lowest BCUT2D eigenvalue weighted by Gasteiger charge is -2.48. The molecule has 0 aliphatic carbocycles. The number of cyclic esters (lactones) is 1. The Bertz CT molecular complexity index is 1430. The van der Waals surface area contributed by atoms with Gasteiger partial charge in [0.15, 0.2) is 6.29 Å². The summed E-state index contributed by atoms with van der Waals surface area (Å²) in [6.45, 7) is 15.9. The first-order valence-electron chi connectivity index (χ1n) is 19.4. The number of hydrogen-bond donors (Lipinski definition) is 4. The molecule has 2 heterocycles. The molecule has 314 valence electrons. The van der Waals surface area contributed by atoms with E-state index < -0.39 is 83.7 Å². The first-order chi connectivity index (χ1) is 25.7. The van der Waals surface area contributed by atoms with Crippen molar-refractivity contribution in [3.8, 4) is 0 Å². The predicted octanol–water partition coefficient (Wildman–Crippen LogP) is 4.93. The summed E-state index contributed by atoms with van der Waals surface area (Å²) < 4.78 is 31.4. The third-order valence-corrected chi connectivity index (χ3v) is 11.8. The van der Waals surface area contributed by atoms with Crippen molar-refractivity contribution in [1.29, 1.82) is 0 Å². The van der Waals surface area contributed by atoms with E-state index in [-0.39, 0.29) is 38.1 Å². The van der Waals surface area contributed by atoms with E-state index in [1.165, 1.54) is 14.0 Å². The zero-order chi connectivity index (χ0) is 41.4. The minimum Gasteiger partial charge on any atom is -0.459 e. The van der Waals surface area contributed by atoms with Crippen molar-refractivity contribution in [3.05, 3.63) is 34.9 Å². The summed E-state index contributed by atoms with van der Waals surface area (Å²) in [5.74, 6) is -3.93. The van der Waals surface area contributed by atoms with Crippen LogP contribution in [0.4, 0.5) is 4.79 Å². The van der Waals surface area contributed by atoms with Gasteiger partial charge in [0.25, 0.3) is 0 Å². The molecule has 14 nitrogen and oxygen atoms in total. The Kier molecular flexibility index (Phi) is 17.2. The second-order valence-electron chi connectivity index (χ2n) is 16.0.